The second kappa shape index (κ2) is 7.70. The highest BCUT2D eigenvalue weighted by Crippen LogP contribution is 2.46. The molecule has 3 aliphatic rings. The molecule has 1 aromatic carbocycles. The summed E-state index contributed by atoms with van der Waals surface area (Å²) < 4.78 is 40.3. The first-order valence-electron chi connectivity index (χ1n) is 9.19. The molecule has 9 heteroatoms. The van der Waals surface area contributed by atoms with Gasteiger partial charge in [0.15, 0.2) is 0 Å². The van der Waals surface area contributed by atoms with Crippen molar-refractivity contribution in [3.05, 3.63) is 54.1 Å². The SMILES string of the molecule is C=CC(=O)N1CCN(C2=NC=NC3C=C(c4ccccc4C(F)(F)F)SC23)CC1. The van der Waals surface area contributed by atoms with Gasteiger partial charge in [-0.3, -0.25) is 9.79 Å². The Morgan fingerprint density at radius 2 is 1.93 bits per heavy atom. The van der Waals surface area contributed by atoms with Crippen molar-refractivity contribution in [3.63, 3.8) is 0 Å². The van der Waals surface area contributed by atoms with E-state index in [1.165, 1.54) is 36.3 Å². The molecule has 0 aromatic heterocycles. The molecule has 1 fully saturated rings. The number of aliphatic imine (C=N–C) groups is 2. The van der Waals surface area contributed by atoms with Gasteiger partial charge in [-0.25, -0.2) is 4.99 Å². The average molecular weight is 420 g/mol. The van der Waals surface area contributed by atoms with E-state index < -0.39 is 11.7 Å². The number of carbonyl (C=O) groups excluding carboxylic acids is 1. The van der Waals surface area contributed by atoms with Gasteiger partial charge in [0.1, 0.15) is 12.2 Å². The first-order valence-corrected chi connectivity index (χ1v) is 10.1. The van der Waals surface area contributed by atoms with E-state index >= 15 is 0 Å². The minimum absolute atomic E-state index is 0.0994. The number of fused-ring (bicyclic) bond motifs is 1. The van der Waals surface area contributed by atoms with Gasteiger partial charge >= 0.3 is 6.18 Å². The fourth-order valence-corrected chi connectivity index (χ4v) is 5.10. The van der Waals surface area contributed by atoms with Crippen molar-refractivity contribution in [2.75, 3.05) is 26.2 Å². The molecule has 0 aliphatic carbocycles. The topological polar surface area (TPSA) is 48.3 Å². The molecule has 0 spiro atoms. The van der Waals surface area contributed by atoms with E-state index in [0.717, 1.165) is 11.9 Å². The molecule has 1 saturated heterocycles. The Labute approximate surface area is 170 Å². The van der Waals surface area contributed by atoms with Crippen molar-refractivity contribution in [2.24, 2.45) is 9.98 Å². The minimum atomic E-state index is -4.42. The number of benzene rings is 1. The Morgan fingerprint density at radius 3 is 2.62 bits per heavy atom. The number of hydrogen-bond donors (Lipinski definition) is 0. The molecule has 1 aromatic rings. The molecule has 1 amide bonds. The Kier molecular flexibility index (Phi) is 5.24. The molecule has 4 rings (SSSR count). The lowest BCUT2D eigenvalue weighted by Gasteiger charge is -2.38. The molecule has 2 atom stereocenters. The summed E-state index contributed by atoms with van der Waals surface area (Å²) >= 11 is 1.37. The van der Waals surface area contributed by atoms with E-state index in [-0.39, 0.29) is 22.8 Å². The Bertz CT molecular complexity index is 917. The molecule has 152 valence electrons. The maximum atomic E-state index is 13.4. The molecule has 29 heavy (non-hydrogen) atoms. The first-order chi connectivity index (χ1) is 13.9. The molecule has 5 nitrogen and oxygen atoms in total. The van der Waals surface area contributed by atoms with Gasteiger partial charge in [-0.05, 0) is 23.8 Å². The van der Waals surface area contributed by atoms with Gasteiger partial charge in [-0.1, -0.05) is 24.8 Å². The number of hydrogen-bond acceptors (Lipinski definition) is 5. The van der Waals surface area contributed by atoms with Gasteiger partial charge in [0.05, 0.1) is 16.9 Å². The molecular formula is C20H19F3N4OS. The summed E-state index contributed by atoms with van der Waals surface area (Å²) in [6.45, 7) is 5.86. The Hall–Kier alpha value is -2.55. The zero-order valence-electron chi connectivity index (χ0n) is 15.5. The smallest absolute Gasteiger partial charge is 0.355 e. The third kappa shape index (κ3) is 3.83. The second-order valence-electron chi connectivity index (χ2n) is 6.87. The highest BCUT2D eigenvalue weighted by molar-refractivity contribution is 8.09. The third-order valence-electron chi connectivity index (χ3n) is 5.16. The average Bonchev–Trinajstić information content (AvgIpc) is 3.17. The van der Waals surface area contributed by atoms with Crippen molar-refractivity contribution < 1.29 is 18.0 Å². The standard InChI is InChI=1S/C20H19F3N4OS/c1-2-17(28)26-7-9-27(10-8-26)19-18-15(24-12-25-19)11-16(29-18)13-5-3-4-6-14(13)20(21,22)23/h2-6,11-12,15,18H,1,7-10H2. The highest BCUT2D eigenvalue weighted by atomic mass is 32.2. The first kappa shape index (κ1) is 19.8. The van der Waals surface area contributed by atoms with Crippen molar-refractivity contribution in [3.8, 4) is 0 Å². The van der Waals surface area contributed by atoms with Crippen LogP contribution in [0.1, 0.15) is 11.1 Å². The van der Waals surface area contributed by atoms with Crippen molar-refractivity contribution in [2.45, 2.75) is 17.5 Å². The number of nitrogens with zero attached hydrogens (tertiary/aromatic N) is 4. The summed E-state index contributed by atoms with van der Waals surface area (Å²) in [6.07, 6.45) is 0.160. The van der Waals surface area contributed by atoms with Gasteiger partial charge < -0.3 is 9.80 Å². The monoisotopic (exact) mass is 420 g/mol. The van der Waals surface area contributed by atoms with E-state index in [9.17, 15) is 18.0 Å². The summed E-state index contributed by atoms with van der Waals surface area (Å²) in [5.74, 6) is 0.703. The lowest BCUT2D eigenvalue weighted by molar-refractivity contribution is -0.137. The van der Waals surface area contributed by atoms with E-state index in [2.05, 4.69) is 21.5 Å². The maximum absolute atomic E-state index is 13.4. The second-order valence-corrected chi connectivity index (χ2v) is 8.05. The number of amides is 1. The summed E-state index contributed by atoms with van der Waals surface area (Å²) in [7, 11) is 0. The van der Waals surface area contributed by atoms with Crippen LogP contribution in [0.5, 0.6) is 0 Å². The predicted octanol–water partition coefficient (Wildman–Crippen LogP) is 3.30. The number of piperazine rings is 1. The number of thioether (sulfide) groups is 1. The number of alkyl halides is 3. The number of rotatable bonds is 2. The zero-order chi connectivity index (χ0) is 20.6. The highest BCUT2D eigenvalue weighted by Gasteiger charge is 2.40. The van der Waals surface area contributed by atoms with Gasteiger partial charge in [-0.2, -0.15) is 13.2 Å². The van der Waals surface area contributed by atoms with Crippen molar-refractivity contribution in [1.82, 2.24) is 9.80 Å². The van der Waals surface area contributed by atoms with Crippen LogP contribution in [0.3, 0.4) is 0 Å². The minimum Gasteiger partial charge on any atom is -0.355 e. The maximum Gasteiger partial charge on any atom is 0.417 e. The molecule has 0 N–H and O–H groups in total. The van der Waals surface area contributed by atoms with Crippen LogP contribution in [0.2, 0.25) is 0 Å². The van der Waals surface area contributed by atoms with Crippen LogP contribution in [-0.4, -0.2) is 65.4 Å². The van der Waals surface area contributed by atoms with Gasteiger partial charge in [0, 0.05) is 31.1 Å². The van der Waals surface area contributed by atoms with Crippen LogP contribution >= 0.6 is 11.8 Å². The molecule has 0 saturated carbocycles. The summed E-state index contributed by atoms with van der Waals surface area (Å²) in [5.41, 5.74) is -0.466. The van der Waals surface area contributed by atoms with E-state index in [1.807, 2.05) is 0 Å². The number of amidine groups is 1. The fourth-order valence-electron chi connectivity index (χ4n) is 3.70. The molecule has 2 unspecified atom stereocenters. The normalized spacial score (nSPS) is 24.1. The number of halogens is 3. The molecular weight excluding hydrogens is 401 g/mol. The largest absolute Gasteiger partial charge is 0.417 e. The summed E-state index contributed by atoms with van der Waals surface area (Å²) in [6, 6.07) is 5.36. The lowest BCUT2D eigenvalue weighted by Crippen LogP contribution is -2.53. The van der Waals surface area contributed by atoms with Crippen LogP contribution in [-0.2, 0) is 11.0 Å². The summed E-state index contributed by atoms with van der Waals surface area (Å²) in [5, 5.41) is -0.169. The Morgan fingerprint density at radius 1 is 1.21 bits per heavy atom. The zero-order valence-corrected chi connectivity index (χ0v) is 16.3. The van der Waals surface area contributed by atoms with Crippen molar-refractivity contribution in [1.29, 1.82) is 0 Å². The van der Waals surface area contributed by atoms with Gasteiger partial charge in [-0.15, -0.1) is 11.8 Å². The quantitative estimate of drug-likeness (QED) is 0.690. The Balaban J connectivity index is 1.52. The lowest BCUT2D eigenvalue weighted by atomic mass is 10.0. The summed E-state index contributed by atoms with van der Waals surface area (Å²) in [4.78, 5) is 25.0. The van der Waals surface area contributed by atoms with Crippen LogP contribution in [0.4, 0.5) is 13.2 Å². The van der Waals surface area contributed by atoms with Gasteiger partial charge in [0.2, 0.25) is 5.91 Å². The predicted molar refractivity (Wildman–Crippen MR) is 109 cm³/mol. The van der Waals surface area contributed by atoms with E-state index in [0.29, 0.717) is 31.1 Å². The fraction of sp³-hybridized carbons (Fsp3) is 0.350. The molecule has 0 radical (unpaired) electrons. The van der Waals surface area contributed by atoms with Crippen LogP contribution in [0.15, 0.2) is 53.0 Å². The van der Waals surface area contributed by atoms with Crippen molar-refractivity contribution >= 4 is 34.7 Å². The third-order valence-corrected chi connectivity index (χ3v) is 6.51. The van der Waals surface area contributed by atoms with E-state index in [4.69, 9.17) is 0 Å². The van der Waals surface area contributed by atoms with E-state index in [1.54, 1.807) is 17.0 Å². The van der Waals surface area contributed by atoms with Crippen LogP contribution in [0.25, 0.3) is 4.91 Å². The molecule has 3 aliphatic heterocycles. The van der Waals surface area contributed by atoms with Gasteiger partial charge in [0.25, 0.3) is 0 Å². The van der Waals surface area contributed by atoms with Crippen LogP contribution < -0.4 is 0 Å². The number of carbonyl (C=O) groups is 1. The van der Waals surface area contributed by atoms with Crippen LogP contribution in [0, 0.1) is 0 Å². The molecule has 0 bridgehead atoms. The molecule has 3 heterocycles.